The summed E-state index contributed by atoms with van der Waals surface area (Å²) in [6.07, 6.45) is -3.12. The third-order valence-electron chi connectivity index (χ3n) is 6.02. The molecule has 1 fully saturated rings. The van der Waals surface area contributed by atoms with E-state index in [-0.39, 0.29) is 37.3 Å². The molecule has 1 aromatic carbocycles. The molecule has 1 atom stereocenters. The highest BCUT2D eigenvalue weighted by Crippen LogP contribution is 2.38. The average Bonchev–Trinajstić information content (AvgIpc) is 2.73. The lowest BCUT2D eigenvalue weighted by molar-refractivity contribution is -0.137. The Balaban J connectivity index is 1.70. The first-order valence-electron chi connectivity index (χ1n) is 10.6. The highest BCUT2D eigenvalue weighted by molar-refractivity contribution is 5.88. The lowest BCUT2D eigenvalue weighted by atomic mass is 9.92. The first kappa shape index (κ1) is 23.1. The van der Waals surface area contributed by atoms with E-state index in [9.17, 15) is 26.7 Å². The zero-order valence-corrected chi connectivity index (χ0v) is 18.1. The second-order valence-electron chi connectivity index (χ2n) is 8.51. The van der Waals surface area contributed by atoms with E-state index in [4.69, 9.17) is 0 Å². The molecule has 0 bridgehead atoms. The maximum absolute atomic E-state index is 13.6. The minimum absolute atomic E-state index is 0.175. The van der Waals surface area contributed by atoms with E-state index in [1.165, 1.54) is 16.7 Å². The first-order chi connectivity index (χ1) is 15.4. The molecule has 3 aromatic rings. The maximum Gasteiger partial charge on any atom is 0.416 e. The molecule has 1 saturated carbocycles. The van der Waals surface area contributed by atoms with Crippen LogP contribution in [0, 0.1) is 6.92 Å². The van der Waals surface area contributed by atoms with Crippen molar-refractivity contribution in [3.63, 3.8) is 0 Å². The number of alkyl halides is 5. The van der Waals surface area contributed by atoms with Gasteiger partial charge in [-0.05, 0) is 44.4 Å². The molecule has 33 heavy (non-hydrogen) atoms. The molecule has 2 aromatic heterocycles. The van der Waals surface area contributed by atoms with Crippen LogP contribution in [0.3, 0.4) is 0 Å². The van der Waals surface area contributed by atoms with Crippen LogP contribution in [-0.2, 0) is 6.18 Å². The number of rotatable bonds is 4. The summed E-state index contributed by atoms with van der Waals surface area (Å²) in [5.41, 5.74) is -0.297. The van der Waals surface area contributed by atoms with Crippen molar-refractivity contribution in [3.8, 4) is 0 Å². The number of hydrogen-bond acceptors (Lipinski definition) is 4. The number of fused-ring (bicyclic) bond motifs is 1. The number of anilines is 1. The lowest BCUT2D eigenvalue weighted by Gasteiger charge is -2.29. The molecule has 0 amide bonds. The van der Waals surface area contributed by atoms with Gasteiger partial charge in [0.2, 0.25) is 5.92 Å². The zero-order chi connectivity index (χ0) is 24.0. The minimum atomic E-state index is -4.46. The van der Waals surface area contributed by atoms with Crippen LogP contribution < -0.4 is 10.9 Å². The van der Waals surface area contributed by atoms with E-state index in [1.807, 2.05) is 0 Å². The van der Waals surface area contributed by atoms with Crippen molar-refractivity contribution in [1.29, 1.82) is 0 Å². The van der Waals surface area contributed by atoms with E-state index in [2.05, 4.69) is 15.3 Å². The SMILES string of the molecule is Cc1nc(N[C@H](C)c2cccc(C(F)(F)F)c2)c2cn(C3CCC(F)(F)CC3)c(=O)cc2n1. The van der Waals surface area contributed by atoms with Crippen molar-refractivity contribution in [2.45, 2.75) is 63.7 Å². The largest absolute Gasteiger partial charge is 0.416 e. The summed E-state index contributed by atoms with van der Waals surface area (Å²) in [4.78, 5) is 21.4. The van der Waals surface area contributed by atoms with Gasteiger partial charge in [-0.3, -0.25) is 4.79 Å². The molecule has 0 radical (unpaired) electrons. The Labute approximate surface area is 186 Å². The van der Waals surface area contributed by atoms with Crippen LogP contribution in [0.5, 0.6) is 0 Å². The third kappa shape index (κ3) is 4.99. The maximum atomic E-state index is 13.6. The Hall–Kier alpha value is -3.04. The Morgan fingerprint density at radius 2 is 1.85 bits per heavy atom. The highest BCUT2D eigenvalue weighted by atomic mass is 19.4. The average molecular weight is 466 g/mol. The molecule has 5 nitrogen and oxygen atoms in total. The molecule has 4 rings (SSSR count). The van der Waals surface area contributed by atoms with Gasteiger partial charge in [-0.25, -0.2) is 18.7 Å². The van der Waals surface area contributed by atoms with Crippen LogP contribution in [0.25, 0.3) is 10.9 Å². The Morgan fingerprint density at radius 3 is 2.52 bits per heavy atom. The molecule has 1 aliphatic rings. The van der Waals surface area contributed by atoms with Gasteiger partial charge in [0, 0.05) is 37.2 Å². The monoisotopic (exact) mass is 466 g/mol. The summed E-state index contributed by atoms with van der Waals surface area (Å²) in [5.74, 6) is -1.97. The van der Waals surface area contributed by atoms with Gasteiger partial charge >= 0.3 is 6.18 Å². The number of halogens is 5. The number of hydrogen-bond donors (Lipinski definition) is 1. The van der Waals surface area contributed by atoms with Crippen molar-refractivity contribution in [2.24, 2.45) is 0 Å². The standard InChI is InChI=1S/C23H23F5N4O/c1-13(15-4-3-5-16(10-15)23(26,27)28)29-21-18-12-32(17-6-8-22(24,25)9-7-17)20(33)11-19(18)30-14(2)31-21/h3-5,10-13,17H,6-9H2,1-2H3,(H,29,30,31)/t13-/m1/s1. The Morgan fingerprint density at radius 1 is 1.15 bits per heavy atom. The quantitative estimate of drug-likeness (QED) is 0.476. The molecular formula is C23H23F5N4O. The number of nitrogens with one attached hydrogen (secondary N) is 1. The van der Waals surface area contributed by atoms with Gasteiger partial charge in [0.25, 0.3) is 5.56 Å². The summed E-state index contributed by atoms with van der Waals surface area (Å²) in [7, 11) is 0. The van der Waals surface area contributed by atoms with Gasteiger partial charge in [-0.1, -0.05) is 12.1 Å². The zero-order valence-electron chi connectivity index (χ0n) is 18.1. The third-order valence-corrected chi connectivity index (χ3v) is 6.02. The number of nitrogens with zero attached hydrogens (tertiary/aromatic N) is 3. The number of aryl methyl sites for hydroxylation is 1. The van der Waals surface area contributed by atoms with Gasteiger partial charge in [-0.2, -0.15) is 13.2 Å². The van der Waals surface area contributed by atoms with Crippen molar-refractivity contribution >= 4 is 16.7 Å². The number of benzene rings is 1. The van der Waals surface area contributed by atoms with Crippen LogP contribution in [0.4, 0.5) is 27.8 Å². The minimum Gasteiger partial charge on any atom is -0.363 e. The van der Waals surface area contributed by atoms with Gasteiger partial charge in [0.15, 0.2) is 0 Å². The van der Waals surface area contributed by atoms with E-state index >= 15 is 0 Å². The fraction of sp³-hybridized carbons (Fsp3) is 0.435. The number of pyridine rings is 1. The van der Waals surface area contributed by atoms with E-state index in [0.29, 0.717) is 28.1 Å². The van der Waals surface area contributed by atoms with Crippen molar-refractivity contribution in [1.82, 2.24) is 14.5 Å². The molecular weight excluding hydrogens is 443 g/mol. The molecule has 0 spiro atoms. The second-order valence-corrected chi connectivity index (χ2v) is 8.51. The molecule has 0 unspecified atom stereocenters. The Kier molecular flexibility index (Phi) is 5.88. The summed E-state index contributed by atoms with van der Waals surface area (Å²) < 4.78 is 67.9. The summed E-state index contributed by atoms with van der Waals surface area (Å²) in [5, 5.41) is 3.63. The predicted octanol–water partition coefficient (Wildman–Crippen LogP) is 6.04. The molecule has 10 heteroatoms. The van der Waals surface area contributed by atoms with Crippen LogP contribution >= 0.6 is 0 Å². The van der Waals surface area contributed by atoms with E-state index in [0.717, 1.165) is 12.1 Å². The van der Waals surface area contributed by atoms with Crippen LogP contribution in [0.15, 0.2) is 41.3 Å². The smallest absolute Gasteiger partial charge is 0.363 e. The molecule has 2 heterocycles. The normalized spacial score (nSPS) is 17.8. The van der Waals surface area contributed by atoms with Crippen LogP contribution in [0.2, 0.25) is 0 Å². The summed E-state index contributed by atoms with van der Waals surface area (Å²) in [6.45, 7) is 3.35. The summed E-state index contributed by atoms with van der Waals surface area (Å²) in [6, 6.07) is 5.46. The molecule has 1 N–H and O–H groups in total. The van der Waals surface area contributed by atoms with Gasteiger partial charge in [-0.15, -0.1) is 0 Å². The fourth-order valence-corrected chi connectivity index (χ4v) is 4.21. The van der Waals surface area contributed by atoms with Crippen LogP contribution in [-0.4, -0.2) is 20.5 Å². The van der Waals surface area contributed by atoms with Crippen LogP contribution in [0.1, 0.15) is 61.6 Å². The fourth-order valence-electron chi connectivity index (χ4n) is 4.21. The van der Waals surface area contributed by atoms with Gasteiger partial charge < -0.3 is 9.88 Å². The predicted molar refractivity (Wildman–Crippen MR) is 114 cm³/mol. The number of aromatic nitrogens is 3. The van der Waals surface area contributed by atoms with Gasteiger partial charge in [0.1, 0.15) is 11.6 Å². The van der Waals surface area contributed by atoms with Crippen molar-refractivity contribution in [3.05, 3.63) is 63.8 Å². The molecule has 176 valence electrons. The van der Waals surface area contributed by atoms with Crippen molar-refractivity contribution in [2.75, 3.05) is 5.32 Å². The molecule has 0 saturated heterocycles. The highest BCUT2D eigenvalue weighted by Gasteiger charge is 2.36. The molecule has 0 aliphatic heterocycles. The van der Waals surface area contributed by atoms with E-state index < -0.39 is 23.7 Å². The first-order valence-corrected chi connectivity index (χ1v) is 10.6. The lowest BCUT2D eigenvalue weighted by Crippen LogP contribution is -2.31. The van der Waals surface area contributed by atoms with Crippen molar-refractivity contribution < 1.29 is 22.0 Å². The van der Waals surface area contributed by atoms with E-state index in [1.54, 1.807) is 26.1 Å². The topological polar surface area (TPSA) is 59.8 Å². The van der Waals surface area contributed by atoms with Gasteiger partial charge in [0.05, 0.1) is 16.5 Å². The molecule has 1 aliphatic carbocycles. The Bertz CT molecular complexity index is 1230. The second kappa shape index (κ2) is 8.39. The summed E-state index contributed by atoms with van der Waals surface area (Å²) >= 11 is 0.